The van der Waals surface area contributed by atoms with E-state index in [1.54, 1.807) is 0 Å². The quantitative estimate of drug-likeness (QED) is 0.918. The van der Waals surface area contributed by atoms with Crippen molar-refractivity contribution in [3.63, 3.8) is 0 Å². The minimum atomic E-state index is 0. The van der Waals surface area contributed by atoms with Crippen LogP contribution in [-0.2, 0) is 6.54 Å². The van der Waals surface area contributed by atoms with Crippen molar-refractivity contribution in [2.24, 2.45) is 0 Å². The summed E-state index contributed by atoms with van der Waals surface area (Å²) in [4.78, 5) is 2.50. The molecule has 1 aliphatic rings. The minimum absolute atomic E-state index is 0. The number of hydrogen-bond acceptors (Lipinski definition) is 2. The Morgan fingerprint density at radius 3 is 2.14 bits per heavy atom. The van der Waals surface area contributed by atoms with E-state index in [1.165, 1.54) is 29.5 Å². The van der Waals surface area contributed by atoms with Gasteiger partial charge in [0.05, 0.1) is 0 Å². The van der Waals surface area contributed by atoms with Crippen molar-refractivity contribution < 1.29 is 0 Å². The van der Waals surface area contributed by atoms with Gasteiger partial charge in [-0.2, -0.15) is 0 Å². The summed E-state index contributed by atoms with van der Waals surface area (Å²) in [6.07, 6.45) is 2.52. The van der Waals surface area contributed by atoms with Gasteiger partial charge in [0, 0.05) is 12.6 Å². The van der Waals surface area contributed by atoms with Crippen molar-refractivity contribution >= 4 is 12.4 Å². The first-order valence-electron chi connectivity index (χ1n) is 7.88. The van der Waals surface area contributed by atoms with E-state index < -0.39 is 0 Å². The van der Waals surface area contributed by atoms with E-state index >= 15 is 0 Å². The Morgan fingerprint density at radius 1 is 0.909 bits per heavy atom. The third-order valence-corrected chi connectivity index (χ3v) is 4.43. The smallest absolute Gasteiger partial charge is 0.0233 e. The van der Waals surface area contributed by atoms with E-state index in [4.69, 9.17) is 0 Å². The molecule has 0 amide bonds. The summed E-state index contributed by atoms with van der Waals surface area (Å²) in [5.41, 5.74) is 3.98. The zero-order valence-electron chi connectivity index (χ0n) is 13.2. The Kier molecular flexibility index (Phi) is 6.44. The molecule has 1 aliphatic heterocycles. The summed E-state index contributed by atoms with van der Waals surface area (Å²) >= 11 is 0. The first-order valence-corrected chi connectivity index (χ1v) is 7.88. The van der Waals surface area contributed by atoms with E-state index in [0.29, 0.717) is 0 Å². The van der Waals surface area contributed by atoms with Crippen LogP contribution in [-0.4, -0.2) is 31.1 Å². The average molecular weight is 317 g/mol. The summed E-state index contributed by atoms with van der Waals surface area (Å²) in [5.74, 6) is 0. The number of piperidine rings is 1. The largest absolute Gasteiger partial charge is 0.317 e. The highest BCUT2D eigenvalue weighted by atomic mass is 35.5. The molecule has 0 atom stereocenters. The SMILES string of the molecule is CN(Cc1ccc(-c2ccccc2)cc1)C1CCNCC1.Cl. The summed E-state index contributed by atoms with van der Waals surface area (Å²) in [6.45, 7) is 3.35. The standard InChI is InChI=1S/C19H24N2.ClH/c1-21(19-11-13-20-14-12-19)15-16-7-9-18(10-8-16)17-5-3-2-4-6-17;/h2-10,19-20H,11-15H2,1H3;1H. The van der Waals surface area contributed by atoms with Crippen molar-refractivity contribution in [2.45, 2.75) is 25.4 Å². The van der Waals surface area contributed by atoms with Crippen LogP contribution in [0, 0.1) is 0 Å². The zero-order valence-corrected chi connectivity index (χ0v) is 14.0. The molecule has 2 aromatic carbocycles. The number of halogens is 1. The fraction of sp³-hybridized carbons (Fsp3) is 0.368. The van der Waals surface area contributed by atoms with Gasteiger partial charge in [-0.15, -0.1) is 12.4 Å². The monoisotopic (exact) mass is 316 g/mol. The lowest BCUT2D eigenvalue weighted by molar-refractivity contribution is 0.192. The van der Waals surface area contributed by atoms with Gasteiger partial charge < -0.3 is 5.32 Å². The summed E-state index contributed by atoms with van der Waals surface area (Å²) in [6, 6.07) is 20.3. The van der Waals surface area contributed by atoms with Gasteiger partial charge in [-0.1, -0.05) is 54.6 Å². The van der Waals surface area contributed by atoms with Gasteiger partial charge in [0.15, 0.2) is 0 Å². The molecule has 1 fully saturated rings. The van der Waals surface area contributed by atoms with Crippen molar-refractivity contribution in [1.29, 1.82) is 0 Å². The maximum absolute atomic E-state index is 3.43. The van der Waals surface area contributed by atoms with Crippen molar-refractivity contribution in [1.82, 2.24) is 10.2 Å². The molecule has 22 heavy (non-hydrogen) atoms. The first kappa shape index (κ1) is 17.0. The van der Waals surface area contributed by atoms with Crippen LogP contribution in [0.1, 0.15) is 18.4 Å². The third kappa shape index (κ3) is 4.33. The molecule has 0 saturated carbocycles. The third-order valence-electron chi connectivity index (χ3n) is 4.43. The molecule has 0 aliphatic carbocycles. The van der Waals surface area contributed by atoms with E-state index in [-0.39, 0.29) is 12.4 Å². The lowest BCUT2D eigenvalue weighted by Gasteiger charge is -2.31. The van der Waals surface area contributed by atoms with Crippen molar-refractivity contribution in [2.75, 3.05) is 20.1 Å². The highest BCUT2D eigenvalue weighted by molar-refractivity contribution is 5.85. The van der Waals surface area contributed by atoms with Gasteiger partial charge in [0.2, 0.25) is 0 Å². The van der Waals surface area contributed by atoms with Crippen LogP contribution in [0.2, 0.25) is 0 Å². The fourth-order valence-electron chi connectivity index (χ4n) is 3.10. The molecule has 2 nitrogen and oxygen atoms in total. The normalized spacial score (nSPS) is 15.5. The Morgan fingerprint density at radius 2 is 1.50 bits per heavy atom. The lowest BCUT2D eigenvalue weighted by atomic mass is 10.0. The fourth-order valence-corrected chi connectivity index (χ4v) is 3.10. The molecular weight excluding hydrogens is 292 g/mol. The molecule has 0 unspecified atom stereocenters. The van der Waals surface area contributed by atoms with E-state index in [2.05, 4.69) is 71.9 Å². The number of nitrogens with zero attached hydrogens (tertiary/aromatic N) is 1. The Balaban J connectivity index is 0.00000176. The molecule has 3 heteroatoms. The second kappa shape index (κ2) is 8.33. The summed E-state index contributed by atoms with van der Waals surface area (Å²) < 4.78 is 0. The summed E-state index contributed by atoms with van der Waals surface area (Å²) in [5, 5.41) is 3.43. The molecule has 0 bridgehead atoms. The van der Waals surface area contributed by atoms with Crippen molar-refractivity contribution in [3.05, 3.63) is 60.2 Å². The Labute approximate surface area is 140 Å². The molecular formula is C19H25ClN2. The Hall–Kier alpha value is -1.35. The highest BCUT2D eigenvalue weighted by Gasteiger charge is 2.17. The van der Waals surface area contributed by atoms with Crippen LogP contribution in [0.5, 0.6) is 0 Å². The topological polar surface area (TPSA) is 15.3 Å². The molecule has 1 heterocycles. The molecule has 1 saturated heterocycles. The maximum Gasteiger partial charge on any atom is 0.0233 e. The number of nitrogens with one attached hydrogen (secondary N) is 1. The lowest BCUT2D eigenvalue weighted by Crippen LogP contribution is -2.40. The zero-order chi connectivity index (χ0) is 14.5. The molecule has 2 aromatic rings. The molecule has 3 rings (SSSR count). The van der Waals surface area contributed by atoms with Gasteiger partial charge >= 0.3 is 0 Å². The van der Waals surface area contributed by atoms with Crippen LogP contribution in [0.25, 0.3) is 11.1 Å². The molecule has 118 valence electrons. The van der Waals surface area contributed by atoms with Gasteiger partial charge in [-0.05, 0) is 49.7 Å². The van der Waals surface area contributed by atoms with Crippen LogP contribution in [0.15, 0.2) is 54.6 Å². The number of benzene rings is 2. The molecule has 0 spiro atoms. The number of rotatable bonds is 4. The highest BCUT2D eigenvalue weighted by Crippen LogP contribution is 2.20. The summed E-state index contributed by atoms with van der Waals surface area (Å²) in [7, 11) is 2.25. The van der Waals surface area contributed by atoms with Gasteiger partial charge in [-0.25, -0.2) is 0 Å². The predicted octanol–water partition coefficient (Wildman–Crippen LogP) is 3.96. The van der Waals surface area contributed by atoms with Gasteiger partial charge in [-0.3, -0.25) is 4.90 Å². The van der Waals surface area contributed by atoms with Crippen LogP contribution >= 0.6 is 12.4 Å². The van der Waals surface area contributed by atoms with Crippen molar-refractivity contribution in [3.8, 4) is 11.1 Å². The van der Waals surface area contributed by atoms with Crippen LogP contribution in [0.4, 0.5) is 0 Å². The van der Waals surface area contributed by atoms with Crippen LogP contribution in [0.3, 0.4) is 0 Å². The maximum atomic E-state index is 3.43. The van der Waals surface area contributed by atoms with E-state index in [1.807, 2.05) is 0 Å². The molecule has 0 aromatic heterocycles. The van der Waals surface area contributed by atoms with Gasteiger partial charge in [0.25, 0.3) is 0 Å². The second-order valence-electron chi connectivity index (χ2n) is 5.96. The predicted molar refractivity (Wildman–Crippen MR) is 96.5 cm³/mol. The Bertz CT molecular complexity index is 547. The molecule has 1 N–H and O–H groups in total. The second-order valence-corrected chi connectivity index (χ2v) is 5.96. The molecule has 0 radical (unpaired) electrons. The first-order chi connectivity index (χ1) is 10.3. The average Bonchev–Trinajstić information content (AvgIpc) is 2.57. The number of hydrogen-bond donors (Lipinski definition) is 1. The van der Waals surface area contributed by atoms with Crippen LogP contribution < -0.4 is 5.32 Å². The van der Waals surface area contributed by atoms with E-state index in [9.17, 15) is 0 Å². The minimum Gasteiger partial charge on any atom is -0.317 e. The van der Waals surface area contributed by atoms with Gasteiger partial charge in [0.1, 0.15) is 0 Å². The van der Waals surface area contributed by atoms with E-state index in [0.717, 1.165) is 25.7 Å².